The second kappa shape index (κ2) is 6.78. The highest BCUT2D eigenvalue weighted by atomic mass is 16.5. The van der Waals surface area contributed by atoms with E-state index in [1.54, 1.807) is 26.4 Å². The lowest BCUT2D eigenvalue weighted by Gasteiger charge is -2.37. The number of amides is 1. The van der Waals surface area contributed by atoms with E-state index >= 15 is 0 Å². The number of nitrogens with one attached hydrogen (secondary N) is 1. The van der Waals surface area contributed by atoms with Crippen LogP contribution in [0, 0.1) is 0 Å². The summed E-state index contributed by atoms with van der Waals surface area (Å²) in [6.45, 7) is 4.01. The molecule has 1 atom stereocenters. The molecule has 146 valence electrons. The molecule has 0 radical (unpaired) electrons. The fourth-order valence-electron chi connectivity index (χ4n) is 3.63. The Bertz CT molecular complexity index is 1040. The van der Waals surface area contributed by atoms with Crippen LogP contribution in [0.4, 0.5) is 0 Å². The monoisotopic (exact) mass is 381 g/mol. The summed E-state index contributed by atoms with van der Waals surface area (Å²) in [6.07, 6.45) is 0.627. The topological polar surface area (TPSA) is 69.9 Å². The van der Waals surface area contributed by atoms with Gasteiger partial charge in [0.05, 0.1) is 20.3 Å². The summed E-state index contributed by atoms with van der Waals surface area (Å²) in [5, 5.41) is 3.91. The summed E-state index contributed by atoms with van der Waals surface area (Å²) < 4.78 is 22.5. The molecule has 0 spiro atoms. The Labute approximate surface area is 163 Å². The zero-order valence-electron chi connectivity index (χ0n) is 16.4. The summed E-state index contributed by atoms with van der Waals surface area (Å²) in [4.78, 5) is 12.9. The first-order valence-corrected chi connectivity index (χ1v) is 9.14. The van der Waals surface area contributed by atoms with E-state index in [0.29, 0.717) is 17.8 Å². The van der Waals surface area contributed by atoms with E-state index in [1.165, 1.54) is 0 Å². The van der Waals surface area contributed by atoms with E-state index in [4.69, 9.17) is 18.6 Å². The molecule has 3 aromatic rings. The average Bonchev–Trinajstić information content (AvgIpc) is 3.11. The number of fused-ring (bicyclic) bond motifs is 2. The van der Waals surface area contributed by atoms with Crippen LogP contribution >= 0.6 is 0 Å². The van der Waals surface area contributed by atoms with E-state index in [2.05, 4.69) is 5.32 Å². The third-order valence-electron chi connectivity index (χ3n) is 4.93. The number of ether oxygens (including phenoxy) is 3. The highest BCUT2D eigenvalue weighted by Crippen LogP contribution is 2.41. The van der Waals surface area contributed by atoms with Crippen molar-refractivity contribution in [3.05, 3.63) is 53.8 Å². The van der Waals surface area contributed by atoms with Gasteiger partial charge in [-0.1, -0.05) is 12.1 Å². The van der Waals surface area contributed by atoms with Gasteiger partial charge in [-0.3, -0.25) is 4.79 Å². The first-order valence-electron chi connectivity index (χ1n) is 9.14. The van der Waals surface area contributed by atoms with Crippen molar-refractivity contribution >= 4 is 16.9 Å². The number of benzene rings is 2. The van der Waals surface area contributed by atoms with E-state index in [0.717, 1.165) is 22.4 Å². The minimum atomic E-state index is -0.406. The molecule has 0 fully saturated rings. The predicted molar refractivity (Wildman–Crippen MR) is 105 cm³/mol. The molecule has 4 rings (SSSR count). The van der Waals surface area contributed by atoms with Gasteiger partial charge in [-0.25, -0.2) is 0 Å². The third kappa shape index (κ3) is 3.26. The standard InChI is InChI=1S/C22H23NO5/c1-22(2)12-16(15-11-14(25-3)8-9-17(15)28-22)23-21(24)19-10-13-6-5-7-18(26-4)20(13)27-19/h5-11,16H,12H2,1-4H3,(H,23,24)/t16-/m0/s1. The molecule has 0 saturated heterocycles. The second-order valence-electron chi connectivity index (χ2n) is 7.48. The quantitative estimate of drug-likeness (QED) is 0.721. The summed E-state index contributed by atoms with van der Waals surface area (Å²) >= 11 is 0. The number of rotatable bonds is 4. The molecule has 1 N–H and O–H groups in total. The van der Waals surface area contributed by atoms with Crippen LogP contribution < -0.4 is 19.5 Å². The van der Waals surface area contributed by atoms with Crippen molar-refractivity contribution in [1.82, 2.24) is 5.32 Å². The molecule has 1 aromatic heterocycles. The maximum Gasteiger partial charge on any atom is 0.287 e. The lowest BCUT2D eigenvalue weighted by atomic mass is 9.89. The predicted octanol–water partition coefficient (Wildman–Crippen LogP) is 4.48. The highest BCUT2D eigenvalue weighted by molar-refractivity contribution is 5.97. The summed E-state index contributed by atoms with van der Waals surface area (Å²) in [6, 6.07) is 12.7. The van der Waals surface area contributed by atoms with Crippen molar-refractivity contribution in [2.45, 2.75) is 31.9 Å². The van der Waals surface area contributed by atoms with Crippen molar-refractivity contribution in [2.75, 3.05) is 14.2 Å². The Balaban J connectivity index is 1.66. The SMILES string of the molecule is COc1ccc2c(c1)[C@@H](NC(=O)c1cc3cccc(OC)c3o1)CC(C)(C)O2. The number of carbonyl (C=O) groups excluding carboxylic acids is 1. The Hall–Kier alpha value is -3.15. The molecular weight excluding hydrogens is 358 g/mol. The number of hydrogen-bond donors (Lipinski definition) is 1. The van der Waals surface area contributed by atoms with Crippen molar-refractivity contribution in [3.63, 3.8) is 0 Å². The summed E-state index contributed by atoms with van der Waals surface area (Å²) in [5.41, 5.74) is 1.04. The number of hydrogen-bond acceptors (Lipinski definition) is 5. The maximum absolute atomic E-state index is 12.9. The van der Waals surface area contributed by atoms with Crippen LogP contribution in [0.1, 0.15) is 42.4 Å². The molecule has 2 aromatic carbocycles. The Kier molecular flexibility index (Phi) is 4.41. The van der Waals surface area contributed by atoms with Gasteiger partial charge in [0.25, 0.3) is 5.91 Å². The number of furan rings is 1. The minimum Gasteiger partial charge on any atom is -0.497 e. The van der Waals surface area contributed by atoms with Gasteiger partial charge in [0.15, 0.2) is 17.1 Å². The zero-order valence-corrected chi connectivity index (χ0v) is 16.4. The van der Waals surface area contributed by atoms with Crippen molar-refractivity contribution < 1.29 is 23.4 Å². The fraction of sp³-hybridized carbons (Fsp3) is 0.318. The van der Waals surface area contributed by atoms with E-state index in [-0.39, 0.29) is 17.7 Å². The molecule has 0 bridgehead atoms. The molecular formula is C22H23NO5. The minimum absolute atomic E-state index is 0.226. The van der Waals surface area contributed by atoms with Gasteiger partial charge in [0.2, 0.25) is 0 Å². The largest absolute Gasteiger partial charge is 0.497 e. The van der Waals surface area contributed by atoms with Gasteiger partial charge in [0.1, 0.15) is 17.1 Å². The van der Waals surface area contributed by atoms with Crippen LogP contribution in [0.3, 0.4) is 0 Å². The molecule has 6 heteroatoms. The first kappa shape index (κ1) is 18.2. The maximum atomic E-state index is 12.9. The molecule has 1 aliphatic rings. The Morgan fingerprint density at radius 2 is 1.96 bits per heavy atom. The second-order valence-corrected chi connectivity index (χ2v) is 7.48. The molecule has 0 unspecified atom stereocenters. The zero-order chi connectivity index (χ0) is 19.9. The van der Waals surface area contributed by atoms with Crippen LogP contribution in [0.25, 0.3) is 11.0 Å². The van der Waals surface area contributed by atoms with Crippen molar-refractivity contribution in [1.29, 1.82) is 0 Å². The van der Waals surface area contributed by atoms with Gasteiger partial charge in [0, 0.05) is 17.4 Å². The van der Waals surface area contributed by atoms with Gasteiger partial charge in [-0.05, 0) is 44.2 Å². The van der Waals surface area contributed by atoms with Gasteiger partial charge < -0.3 is 23.9 Å². The van der Waals surface area contributed by atoms with Crippen molar-refractivity contribution in [3.8, 4) is 17.2 Å². The van der Waals surface area contributed by atoms with E-state index in [1.807, 2.05) is 44.2 Å². The molecule has 28 heavy (non-hydrogen) atoms. The highest BCUT2D eigenvalue weighted by Gasteiger charge is 2.35. The lowest BCUT2D eigenvalue weighted by molar-refractivity contribution is 0.0610. The fourth-order valence-corrected chi connectivity index (χ4v) is 3.63. The Morgan fingerprint density at radius 3 is 2.71 bits per heavy atom. The van der Waals surface area contributed by atoms with Crippen LogP contribution in [-0.4, -0.2) is 25.7 Å². The smallest absolute Gasteiger partial charge is 0.287 e. The third-order valence-corrected chi connectivity index (χ3v) is 4.93. The molecule has 0 saturated carbocycles. The molecule has 2 heterocycles. The van der Waals surface area contributed by atoms with Crippen LogP contribution in [0.5, 0.6) is 17.2 Å². The molecule has 0 aliphatic carbocycles. The number of methoxy groups -OCH3 is 2. The number of carbonyl (C=O) groups is 1. The van der Waals surface area contributed by atoms with E-state index < -0.39 is 5.60 Å². The molecule has 6 nitrogen and oxygen atoms in total. The normalized spacial score (nSPS) is 17.5. The average molecular weight is 381 g/mol. The Morgan fingerprint density at radius 1 is 1.14 bits per heavy atom. The first-order chi connectivity index (χ1) is 13.4. The lowest BCUT2D eigenvalue weighted by Crippen LogP contribution is -2.41. The van der Waals surface area contributed by atoms with Crippen LogP contribution in [0.15, 0.2) is 46.9 Å². The van der Waals surface area contributed by atoms with Gasteiger partial charge in [-0.2, -0.15) is 0 Å². The van der Waals surface area contributed by atoms with Gasteiger partial charge in [-0.15, -0.1) is 0 Å². The molecule has 1 aliphatic heterocycles. The van der Waals surface area contributed by atoms with Crippen LogP contribution in [-0.2, 0) is 0 Å². The summed E-state index contributed by atoms with van der Waals surface area (Å²) in [7, 11) is 3.19. The molecule has 1 amide bonds. The van der Waals surface area contributed by atoms with E-state index in [9.17, 15) is 4.79 Å². The van der Waals surface area contributed by atoms with Gasteiger partial charge >= 0.3 is 0 Å². The van der Waals surface area contributed by atoms with Crippen molar-refractivity contribution in [2.24, 2.45) is 0 Å². The number of para-hydroxylation sites is 1. The summed E-state index contributed by atoms with van der Waals surface area (Å²) in [5.74, 6) is 2.02. The van der Waals surface area contributed by atoms with Crippen LogP contribution in [0.2, 0.25) is 0 Å².